The van der Waals surface area contributed by atoms with Gasteiger partial charge < -0.3 is 106 Å². The Morgan fingerprint density at radius 1 is 0.712 bits per heavy atom. The predicted octanol–water partition coefficient (Wildman–Crippen LogP) is -2.68. The molecule has 35 nitrogen and oxygen atoms in total. The number of ether oxygens (including phenoxy) is 1. The molecule has 2 aliphatic heterocycles. The molecule has 1 aromatic heterocycles. The summed E-state index contributed by atoms with van der Waals surface area (Å²) in [5.74, 6) is -13.9. The highest BCUT2D eigenvalue weighted by atomic mass is 19.1. The van der Waals surface area contributed by atoms with Crippen LogP contribution in [0.3, 0.4) is 0 Å². The number of fused-ring (bicyclic) bond motifs is 1. The van der Waals surface area contributed by atoms with E-state index in [0.717, 1.165) is 37.0 Å². The van der Waals surface area contributed by atoms with Crippen LogP contribution in [0.15, 0.2) is 48.5 Å². The van der Waals surface area contributed by atoms with Gasteiger partial charge in [-0.05, 0) is 160 Å². The van der Waals surface area contributed by atoms with Gasteiger partial charge in [0.05, 0.1) is 35.1 Å². The van der Waals surface area contributed by atoms with Gasteiger partial charge in [0.15, 0.2) is 12.5 Å². The second-order valence-electron chi connectivity index (χ2n) is 28.1. The zero-order chi connectivity index (χ0) is 82.3. The maximum atomic E-state index is 14.8. The van der Waals surface area contributed by atoms with E-state index < -0.39 is 188 Å². The summed E-state index contributed by atoms with van der Waals surface area (Å²) < 4.78 is 20.3. The number of aromatic nitrogens is 1. The Balaban J connectivity index is 1.29. The Hall–Kier alpha value is -10.1. The van der Waals surface area contributed by atoms with E-state index >= 15 is 0 Å². The second kappa shape index (κ2) is 45.3. The first-order valence-electron chi connectivity index (χ1n) is 37.6. The minimum Gasteiger partial charge on any atom is -0.442 e. The summed E-state index contributed by atoms with van der Waals surface area (Å²) in [7, 11) is 0. The van der Waals surface area contributed by atoms with E-state index in [0.29, 0.717) is 41.2 Å². The van der Waals surface area contributed by atoms with Crippen LogP contribution >= 0.6 is 0 Å². The number of hydrogen-bond acceptors (Lipinski definition) is 22. The molecule has 12 amide bonds. The number of carbonyl (C=O) groups excluding carboxylic acids is 14. The van der Waals surface area contributed by atoms with E-state index in [1.807, 2.05) is 13.8 Å². The molecule has 0 saturated carbocycles. The number of anilines is 1. The number of benzene rings is 2. The number of likely N-dealkylation sites (N-methyl/N-ethyl adjacent to an activating group) is 1. The maximum absolute atomic E-state index is 14.8. The quantitative estimate of drug-likeness (QED) is 0.0214. The van der Waals surface area contributed by atoms with Crippen LogP contribution in [0, 0.1) is 31.5 Å². The number of halogens is 1. The van der Waals surface area contributed by atoms with Gasteiger partial charge in [0.25, 0.3) is 11.8 Å². The van der Waals surface area contributed by atoms with Gasteiger partial charge >= 0.3 is 5.97 Å². The van der Waals surface area contributed by atoms with E-state index in [1.165, 1.54) is 26.0 Å². The van der Waals surface area contributed by atoms with Gasteiger partial charge in [-0.25, -0.2) is 9.18 Å². The average molecular weight is 1560 g/mol. The summed E-state index contributed by atoms with van der Waals surface area (Å²) in [5, 5.41) is 50.0. The number of carbonyl (C=O) groups is 14. The molecule has 3 aromatic rings. The third-order valence-corrected chi connectivity index (χ3v) is 18.9. The number of nitrogens with zero attached hydrogens (tertiary/aromatic N) is 2. The molecule has 3 heterocycles. The van der Waals surface area contributed by atoms with Crippen LogP contribution in [0.2, 0.25) is 0 Å². The molecule has 1 unspecified atom stereocenters. The van der Waals surface area contributed by atoms with E-state index in [1.54, 1.807) is 58.0 Å². The molecule has 0 aliphatic carbocycles. The fraction of sp³-hybridized carbons (Fsp3) is 0.573. The number of aromatic amines is 1. The van der Waals surface area contributed by atoms with Gasteiger partial charge in [-0.2, -0.15) is 0 Å². The minimum absolute atomic E-state index is 0.0385. The van der Waals surface area contributed by atoms with E-state index in [-0.39, 0.29) is 106 Å². The normalized spacial score (nSPS) is 20.9. The smallest absolute Gasteiger partial charge is 0.330 e. The number of ketones is 1. The number of H-pyrrole nitrogens is 1. The number of aliphatic hydroxyl groups excluding tert-OH is 2. The van der Waals surface area contributed by atoms with Crippen molar-refractivity contribution >= 4 is 100.0 Å². The van der Waals surface area contributed by atoms with Gasteiger partial charge in [-0.3, -0.25) is 67.2 Å². The molecule has 36 heteroatoms. The van der Waals surface area contributed by atoms with Crippen molar-refractivity contribution in [3.05, 3.63) is 88.0 Å². The van der Waals surface area contributed by atoms with Gasteiger partial charge in [-0.15, -0.1) is 0 Å². The van der Waals surface area contributed by atoms with Gasteiger partial charge in [-0.1, -0.05) is 58.0 Å². The first kappa shape index (κ1) is 91.5. The number of amides is 12. The molecule has 12 atom stereocenters. The number of Topliss-reactive ketones (excluding diaryl/α,β-unsaturated/α-hetero) is 1. The molecule has 612 valence electrons. The molecular formula is C75H113FN18O17. The zero-order valence-corrected chi connectivity index (χ0v) is 64.7. The van der Waals surface area contributed by atoms with Crippen molar-refractivity contribution in [2.24, 2.45) is 34.8 Å². The Bertz CT molecular complexity index is 3780. The fourth-order valence-corrected chi connectivity index (χ4v) is 12.7. The SMILES string of the molecule is CCN(CC)CCNC(=O)c1c(C)[nH]c(/C=C2\C(=O)N(COC(=O)C(C)NC(=O)CCCC(=O)N[C@H](C(=O)N[C@@H](CCN)C(=O)N[C@@H]3CCNC(=O)[C@H]([C@H](C)O)NC(=O)[C@H](CCN)CC(=O)[C@H](CCN)NC(=O)[C@H](CC(C)C)NC(=O)[C@@H](Cc4ccccc4)NC(=O)[C@H](CCN)NC3=O)[C@@H](C)O)c3ccc(F)cc32)c1C. The van der Waals surface area contributed by atoms with Crippen molar-refractivity contribution in [1.29, 1.82) is 0 Å². The molecule has 5 rings (SSSR count). The molecule has 0 radical (unpaired) electrons. The standard InChI is InChI=1S/C75H113FN18O17/c1-10-93(11-2)33-32-82-71(106)62-41(5)55(83-42(62)6)38-50-49-37-48(76)20-21-58(49)94(74(50)109)39-111-75(110)43(7)84-60(98)18-15-19-61(99)91-64(45(9)96)73(108)88-53(25-30-80)66(101)87-54-26-31-81-72(107)63(44(8)95)92-65(100)47(22-27-77)36-59(97)51(23-28-78)85-69(104)56(34-40(3)4)89-70(105)57(35-46-16-13-12-14-17-46)90-67(102)52(24-29-79)86-68(54)103/h12-14,16-17,20-21,37-38,40,43-45,47,51-54,56-57,63-64,83,95-96H,10-11,15,18-19,22-36,39,77-80H2,1-9H3,(H,81,107)(H,82,106)(H,84,98)(H,85,104)(H,86,103)(H,87,101)(H,88,108)(H,89,105)(H,90,102)(H,91,99)(H,92,100)/b50-38-/t43?,44-,45+,47+,51-,52-,53-,54+,56-,57+,63-,64-/m0/s1. The summed E-state index contributed by atoms with van der Waals surface area (Å²) in [5.41, 5.74) is 26.6. The lowest BCUT2D eigenvalue weighted by molar-refractivity contribution is -0.147. The number of nitrogens with two attached hydrogens (primary N) is 4. The predicted molar refractivity (Wildman–Crippen MR) is 408 cm³/mol. The maximum Gasteiger partial charge on any atom is 0.330 e. The number of esters is 1. The average Bonchev–Trinajstić information content (AvgIpc) is 1.61. The second-order valence-corrected chi connectivity index (χ2v) is 28.1. The van der Waals surface area contributed by atoms with Crippen LogP contribution in [0.4, 0.5) is 10.1 Å². The van der Waals surface area contributed by atoms with Crippen LogP contribution < -0.4 is 86.3 Å². The molecule has 0 spiro atoms. The summed E-state index contributed by atoms with van der Waals surface area (Å²) in [6, 6.07) is -1.49. The minimum atomic E-state index is -1.75. The number of aryl methyl sites for hydroxylation is 1. The number of hydrogen-bond donors (Lipinski definition) is 18. The molecular weight excluding hydrogens is 1440 g/mol. The van der Waals surface area contributed by atoms with Crippen LogP contribution in [-0.2, 0) is 73.5 Å². The Morgan fingerprint density at radius 3 is 1.95 bits per heavy atom. The van der Waals surface area contributed by atoms with E-state index in [9.17, 15) is 81.7 Å². The van der Waals surface area contributed by atoms with Crippen LogP contribution in [0.1, 0.15) is 151 Å². The molecule has 111 heavy (non-hydrogen) atoms. The van der Waals surface area contributed by atoms with Crippen molar-refractivity contribution in [3.8, 4) is 0 Å². The highest BCUT2D eigenvalue weighted by Gasteiger charge is 2.39. The number of nitrogens with one attached hydrogen (secondary N) is 12. The summed E-state index contributed by atoms with van der Waals surface area (Å²) in [6.07, 6.45) is -4.53. The van der Waals surface area contributed by atoms with Crippen molar-refractivity contribution < 1.29 is 86.5 Å². The third-order valence-electron chi connectivity index (χ3n) is 18.9. The lowest BCUT2D eigenvalue weighted by Gasteiger charge is -2.28. The molecule has 2 aromatic carbocycles. The van der Waals surface area contributed by atoms with Crippen molar-refractivity contribution in [3.63, 3.8) is 0 Å². The molecule has 2 aliphatic rings. The van der Waals surface area contributed by atoms with Crippen molar-refractivity contribution in [1.82, 2.24) is 68.4 Å². The summed E-state index contributed by atoms with van der Waals surface area (Å²) >= 11 is 0. The van der Waals surface area contributed by atoms with Crippen molar-refractivity contribution in [2.75, 3.05) is 70.5 Å². The van der Waals surface area contributed by atoms with Gasteiger partial charge in [0.2, 0.25) is 59.1 Å². The molecule has 0 bridgehead atoms. The number of rotatable bonds is 34. The zero-order valence-electron chi connectivity index (χ0n) is 64.7. The van der Waals surface area contributed by atoms with Gasteiger partial charge in [0.1, 0.15) is 54.2 Å². The Labute approximate surface area is 645 Å². The van der Waals surface area contributed by atoms with Crippen LogP contribution in [0.5, 0.6) is 0 Å². The lowest BCUT2D eigenvalue weighted by atomic mass is 9.92. The summed E-state index contributed by atoms with van der Waals surface area (Å²) in [4.78, 5) is 202. The third kappa shape index (κ3) is 27.7. The lowest BCUT2D eigenvalue weighted by Crippen LogP contribution is -2.61. The molecule has 1 fully saturated rings. The summed E-state index contributed by atoms with van der Waals surface area (Å²) in [6.45, 7) is 15.6. The topological polar surface area (TPSA) is 547 Å². The first-order valence-corrected chi connectivity index (χ1v) is 37.6. The van der Waals surface area contributed by atoms with E-state index in [2.05, 4.69) is 68.4 Å². The Morgan fingerprint density at radius 2 is 1.32 bits per heavy atom. The first-order chi connectivity index (χ1) is 52.7. The molecule has 1 saturated heterocycles. The molecule has 22 N–H and O–H groups in total. The fourth-order valence-electron chi connectivity index (χ4n) is 12.7. The highest BCUT2D eigenvalue weighted by molar-refractivity contribution is 6.36. The van der Waals surface area contributed by atoms with Crippen LogP contribution in [0.25, 0.3) is 11.6 Å². The van der Waals surface area contributed by atoms with E-state index in [4.69, 9.17) is 27.7 Å². The monoisotopic (exact) mass is 1560 g/mol. The van der Waals surface area contributed by atoms with Gasteiger partial charge in [0, 0.05) is 68.2 Å². The Kier molecular flexibility index (Phi) is 37.3. The van der Waals surface area contributed by atoms with Crippen LogP contribution in [-0.4, -0.2) is 235 Å². The number of aliphatic hydroxyl groups is 2. The largest absolute Gasteiger partial charge is 0.442 e. The highest BCUT2D eigenvalue weighted by Crippen LogP contribution is 2.39. The van der Waals surface area contributed by atoms with Crippen molar-refractivity contribution in [2.45, 2.75) is 200 Å².